The Kier molecular flexibility index (Phi) is 10.8. The van der Waals surface area contributed by atoms with Crippen molar-refractivity contribution in [2.75, 3.05) is 6.61 Å². The molecular formula is C14H25O7P. The molecule has 0 heterocycles. The van der Waals surface area contributed by atoms with Crippen LogP contribution in [0.25, 0.3) is 0 Å². The number of hydrogen-bond donors (Lipinski definition) is 2. The smallest absolute Gasteiger partial charge is 0.462 e. The monoisotopic (exact) mass is 336 g/mol. The molecule has 128 valence electrons. The molecule has 8 heteroatoms. The van der Waals surface area contributed by atoms with Gasteiger partial charge in [0.2, 0.25) is 0 Å². The van der Waals surface area contributed by atoms with E-state index in [1.807, 2.05) is 0 Å². The molecule has 0 bridgehead atoms. The van der Waals surface area contributed by atoms with E-state index in [2.05, 4.69) is 11.1 Å². The highest BCUT2D eigenvalue weighted by Crippen LogP contribution is 2.36. The van der Waals surface area contributed by atoms with Crippen molar-refractivity contribution in [3.8, 4) is 0 Å². The number of rotatable bonds is 12. The zero-order valence-electron chi connectivity index (χ0n) is 13.0. The van der Waals surface area contributed by atoms with Gasteiger partial charge in [-0.25, -0.2) is 9.36 Å². The van der Waals surface area contributed by atoms with Gasteiger partial charge >= 0.3 is 19.8 Å². The van der Waals surface area contributed by atoms with Crippen molar-refractivity contribution in [2.24, 2.45) is 0 Å². The van der Waals surface area contributed by atoms with Gasteiger partial charge in [0.25, 0.3) is 0 Å². The zero-order chi connectivity index (χ0) is 17.0. The van der Waals surface area contributed by atoms with Gasteiger partial charge in [0, 0.05) is 12.0 Å². The van der Waals surface area contributed by atoms with Gasteiger partial charge in [-0.15, -0.1) is 0 Å². The second-order valence-corrected chi connectivity index (χ2v) is 6.26. The highest BCUT2D eigenvalue weighted by Gasteiger charge is 2.19. The highest BCUT2D eigenvalue weighted by molar-refractivity contribution is 7.46. The molecule has 0 fully saturated rings. The molecule has 0 saturated carbocycles. The summed E-state index contributed by atoms with van der Waals surface area (Å²) in [6.07, 6.45) is 6.10. The van der Waals surface area contributed by atoms with Gasteiger partial charge in [0.05, 0.1) is 6.61 Å². The van der Waals surface area contributed by atoms with Crippen molar-refractivity contribution in [2.45, 2.75) is 58.3 Å². The molecule has 0 saturated heterocycles. The van der Waals surface area contributed by atoms with Crippen LogP contribution in [0, 0.1) is 0 Å². The first kappa shape index (κ1) is 20.8. The number of phosphoric acid groups is 1. The quantitative estimate of drug-likeness (QED) is 0.244. The Balaban J connectivity index is 3.34. The average molecular weight is 336 g/mol. The molecule has 0 aliphatic carbocycles. The second kappa shape index (κ2) is 11.4. The zero-order valence-corrected chi connectivity index (χ0v) is 13.8. The van der Waals surface area contributed by atoms with Crippen LogP contribution in [0.3, 0.4) is 0 Å². The molecule has 0 aromatic heterocycles. The summed E-state index contributed by atoms with van der Waals surface area (Å²) in [5.41, 5.74) is 0.400. The van der Waals surface area contributed by atoms with E-state index in [1.54, 1.807) is 6.92 Å². The van der Waals surface area contributed by atoms with Crippen molar-refractivity contribution in [1.29, 1.82) is 0 Å². The van der Waals surface area contributed by atoms with Crippen molar-refractivity contribution in [3.05, 3.63) is 12.2 Å². The predicted octanol–water partition coefficient (Wildman–Crippen LogP) is 2.86. The van der Waals surface area contributed by atoms with Crippen molar-refractivity contribution in [1.82, 2.24) is 0 Å². The molecule has 0 amide bonds. The van der Waals surface area contributed by atoms with Gasteiger partial charge in [0.1, 0.15) is 0 Å². The molecule has 0 aliphatic rings. The van der Waals surface area contributed by atoms with Gasteiger partial charge in [-0.3, -0.25) is 14.6 Å². The predicted molar refractivity (Wildman–Crippen MR) is 80.8 cm³/mol. The van der Waals surface area contributed by atoms with Crippen LogP contribution in [0.1, 0.15) is 58.3 Å². The fourth-order valence-corrected chi connectivity index (χ4v) is 2.08. The maximum Gasteiger partial charge on any atom is 0.526 e. The SMILES string of the molecule is C=C(C)C(=O)OCCCCCCCCCC(=O)OP(=O)(O)O. The molecule has 7 nitrogen and oxygen atoms in total. The van der Waals surface area contributed by atoms with Crippen LogP contribution >= 0.6 is 7.82 Å². The van der Waals surface area contributed by atoms with Crippen molar-refractivity contribution in [3.63, 3.8) is 0 Å². The van der Waals surface area contributed by atoms with Gasteiger partial charge in [0.15, 0.2) is 0 Å². The maximum atomic E-state index is 11.1. The first-order chi connectivity index (χ1) is 10.2. The number of phosphoric ester groups is 1. The third-order valence-electron chi connectivity index (χ3n) is 2.83. The number of unbranched alkanes of at least 4 members (excludes halogenated alkanes) is 6. The minimum absolute atomic E-state index is 0.0158. The molecule has 0 spiro atoms. The van der Waals surface area contributed by atoms with E-state index in [4.69, 9.17) is 14.5 Å². The van der Waals surface area contributed by atoms with E-state index in [0.717, 1.165) is 38.5 Å². The Labute approximate surface area is 130 Å². The van der Waals surface area contributed by atoms with Gasteiger partial charge < -0.3 is 9.26 Å². The summed E-state index contributed by atoms with van der Waals surface area (Å²) >= 11 is 0. The lowest BCUT2D eigenvalue weighted by molar-refractivity contribution is -0.139. The van der Waals surface area contributed by atoms with E-state index >= 15 is 0 Å². The third-order valence-corrected chi connectivity index (χ3v) is 3.27. The first-order valence-electron chi connectivity index (χ1n) is 7.33. The first-order valence-corrected chi connectivity index (χ1v) is 8.86. The van der Waals surface area contributed by atoms with E-state index in [1.165, 1.54) is 0 Å². The lowest BCUT2D eigenvalue weighted by Crippen LogP contribution is -2.06. The minimum atomic E-state index is -4.70. The van der Waals surface area contributed by atoms with Crippen LogP contribution < -0.4 is 0 Å². The fourth-order valence-electron chi connectivity index (χ4n) is 1.72. The Morgan fingerprint density at radius 1 is 1.00 bits per heavy atom. The van der Waals surface area contributed by atoms with E-state index in [9.17, 15) is 14.2 Å². The number of hydrogen-bond acceptors (Lipinski definition) is 5. The molecule has 0 aromatic rings. The highest BCUT2D eigenvalue weighted by atomic mass is 31.2. The largest absolute Gasteiger partial charge is 0.526 e. The van der Waals surface area contributed by atoms with Gasteiger partial charge in [-0.2, -0.15) is 0 Å². The van der Waals surface area contributed by atoms with Gasteiger partial charge in [-0.1, -0.05) is 38.7 Å². The van der Waals surface area contributed by atoms with Crippen LogP contribution in [0.2, 0.25) is 0 Å². The minimum Gasteiger partial charge on any atom is -0.462 e. The summed E-state index contributed by atoms with van der Waals surface area (Å²) in [4.78, 5) is 38.9. The standard InChI is InChI=1S/C14H25O7P/c1-12(2)14(16)20-11-9-7-5-3-4-6-8-10-13(15)21-22(17,18)19/h1,3-11H2,2H3,(H2,17,18,19). The topological polar surface area (TPSA) is 110 Å². The Morgan fingerprint density at radius 3 is 2.00 bits per heavy atom. The van der Waals surface area contributed by atoms with Crippen LogP contribution in [0.4, 0.5) is 0 Å². The lowest BCUT2D eigenvalue weighted by atomic mass is 10.1. The summed E-state index contributed by atoms with van der Waals surface area (Å²) in [6.45, 7) is 5.50. The molecule has 0 aromatic carbocycles. The summed E-state index contributed by atoms with van der Waals surface area (Å²) in [5, 5.41) is 0. The lowest BCUT2D eigenvalue weighted by Gasteiger charge is -2.05. The maximum absolute atomic E-state index is 11.1. The van der Waals surface area contributed by atoms with E-state index < -0.39 is 13.8 Å². The molecule has 2 N–H and O–H groups in total. The molecule has 0 unspecified atom stereocenters. The molecule has 22 heavy (non-hydrogen) atoms. The molecular weight excluding hydrogens is 311 g/mol. The number of esters is 1. The van der Waals surface area contributed by atoms with Crippen LogP contribution in [0.15, 0.2) is 12.2 Å². The third kappa shape index (κ3) is 13.8. The van der Waals surface area contributed by atoms with Gasteiger partial charge in [-0.05, 0) is 19.8 Å². The number of carbonyl (C=O) groups is 2. The summed E-state index contributed by atoms with van der Waals surface area (Å²) < 4.78 is 19.3. The number of carbonyl (C=O) groups excluding carboxylic acids is 2. The Morgan fingerprint density at radius 2 is 1.50 bits per heavy atom. The summed E-state index contributed by atoms with van der Waals surface area (Å²) in [5.74, 6) is -1.23. The van der Waals surface area contributed by atoms with E-state index in [0.29, 0.717) is 18.6 Å². The van der Waals surface area contributed by atoms with E-state index in [-0.39, 0.29) is 12.4 Å². The summed E-state index contributed by atoms with van der Waals surface area (Å²) in [7, 11) is -4.70. The second-order valence-electron chi connectivity index (χ2n) is 5.09. The van der Waals surface area contributed by atoms with Crippen LogP contribution in [0.5, 0.6) is 0 Å². The Hall–Kier alpha value is -1.17. The number of ether oxygens (including phenoxy) is 1. The molecule has 0 aliphatic heterocycles. The molecule has 0 radical (unpaired) electrons. The normalized spacial score (nSPS) is 11.0. The van der Waals surface area contributed by atoms with Crippen LogP contribution in [-0.2, 0) is 23.4 Å². The van der Waals surface area contributed by atoms with Crippen molar-refractivity contribution >= 4 is 19.8 Å². The fraction of sp³-hybridized carbons (Fsp3) is 0.714. The molecule has 0 rings (SSSR count). The van der Waals surface area contributed by atoms with Crippen molar-refractivity contribution < 1.29 is 33.2 Å². The van der Waals surface area contributed by atoms with Crippen LogP contribution in [-0.4, -0.2) is 28.3 Å². The Bertz CT molecular complexity index is 413. The average Bonchev–Trinajstić information content (AvgIpc) is 2.38. The summed E-state index contributed by atoms with van der Waals surface area (Å²) in [6, 6.07) is 0. The molecule has 0 atom stereocenters.